The van der Waals surface area contributed by atoms with Crippen LogP contribution in [0, 0.1) is 0 Å². The molecule has 0 aliphatic heterocycles. The Morgan fingerprint density at radius 3 is 2.33 bits per heavy atom. The minimum absolute atomic E-state index is 0.142. The maximum Gasteiger partial charge on any atom is 0.240 e. The summed E-state index contributed by atoms with van der Waals surface area (Å²) in [6.07, 6.45) is 0. The Balaban J connectivity index is 2.84. The second kappa shape index (κ2) is 6.94. The average Bonchev–Trinajstić information content (AvgIpc) is 2.38. The zero-order valence-electron chi connectivity index (χ0n) is 10.2. The largest absolute Gasteiger partial charge is 0.497 e. The molecule has 0 aliphatic rings. The maximum atomic E-state index is 12.0. The zero-order valence-corrected chi connectivity index (χ0v) is 11.8. The van der Waals surface area contributed by atoms with Gasteiger partial charge in [-0.05, 0) is 24.3 Å². The van der Waals surface area contributed by atoms with E-state index in [9.17, 15) is 8.42 Å². The normalized spacial score (nSPS) is 13.3. The molecule has 1 aromatic carbocycles. The number of rotatable bonds is 7. The molecule has 5 nitrogen and oxygen atoms in total. The Bertz CT molecular complexity index is 460. The van der Waals surface area contributed by atoms with Gasteiger partial charge in [-0.15, -0.1) is 11.6 Å². The molecule has 1 atom stereocenters. The molecule has 0 radical (unpaired) electrons. The van der Waals surface area contributed by atoms with Gasteiger partial charge in [0.05, 0.1) is 24.7 Å². The van der Waals surface area contributed by atoms with E-state index in [4.69, 9.17) is 21.1 Å². The third-order valence-electron chi connectivity index (χ3n) is 2.25. The summed E-state index contributed by atoms with van der Waals surface area (Å²) in [6, 6.07) is 5.66. The molecule has 0 aliphatic carbocycles. The van der Waals surface area contributed by atoms with Gasteiger partial charge in [-0.25, -0.2) is 13.1 Å². The van der Waals surface area contributed by atoms with Crippen molar-refractivity contribution in [2.75, 3.05) is 26.7 Å². The number of halogens is 1. The third kappa shape index (κ3) is 4.13. The van der Waals surface area contributed by atoms with Crippen LogP contribution >= 0.6 is 11.6 Å². The van der Waals surface area contributed by atoms with Crippen LogP contribution in [0.1, 0.15) is 0 Å². The van der Waals surface area contributed by atoms with Crippen LogP contribution in [-0.4, -0.2) is 41.2 Å². The van der Waals surface area contributed by atoms with Gasteiger partial charge in [-0.3, -0.25) is 0 Å². The lowest BCUT2D eigenvalue weighted by molar-refractivity contribution is 0.181. The van der Waals surface area contributed by atoms with Crippen molar-refractivity contribution >= 4 is 21.6 Å². The van der Waals surface area contributed by atoms with Gasteiger partial charge in [-0.2, -0.15) is 0 Å². The Labute approximate surface area is 112 Å². The summed E-state index contributed by atoms with van der Waals surface area (Å²) in [5.74, 6) is 0.739. The maximum absolute atomic E-state index is 12.0. The van der Waals surface area contributed by atoms with Crippen molar-refractivity contribution in [3.63, 3.8) is 0 Å². The fraction of sp³-hybridized carbons (Fsp3) is 0.455. The number of ether oxygens (including phenoxy) is 2. The average molecular weight is 294 g/mol. The van der Waals surface area contributed by atoms with E-state index < -0.39 is 16.1 Å². The van der Waals surface area contributed by atoms with E-state index in [0.29, 0.717) is 5.75 Å². The standard InChI is InChI=1S/C11H16ClNO4S/c1-16-8-9(7-12)13-18(14,15)11-5-3-10(17-2)4-6-11/h3-6,9,13H,7-8H2,1-2H3. The van der Waals surface area contributed by atoms with Gasteiger partial charge in [0.25, 0.3) is 0 Å². The molecule has 0 heterocycles. The molecule has 1 N–H and O–H groups in total. The zero-order chi connectivity index (χ0) is 13.6. The SMILES string of the molecule is COCC(CCl)NS(=O)(=O)c1ccc(OC)cc1. The lowest BCUT2D eigenvalue weighted by Crippen LogP contribution is -2.39. The molecule has 1 unspecified atom stereocenters. The number of benzene rings is 1. The smallest absolute Gasteiger partial charge is 0.240 e. The number of sulfonamides is 1. The first kappa shape index (κ1) is 15.2. The van der Waals surface area contributed by atoms with Crippen LogP contribution < -0.4 is 9.46 Å². The Morgan fingerprint density at radius 1 is 1.28 bits per heavy atom. The first-order valence-electron chi connectivity index (χ1n) is 5.24. The van der Waals surface area contributed by atoms with Crippen molar-refractivity contribution in [2.45, 2.75) is 10.9 Å². The molecular weight excluding hydrogens is 278 g/mol. The lowest BCUT2D eigenvalue weighted by atomic mass is 10.3. The number of hydrogen-bond donors (Lipinski definition) is 1. The number of hydrogen-bond acceptors (Lipinski definition) is 4. The van der Waals surface area contributed by atoms with Crippen LogP contribution in [0.15, 0.2) is 29.2 Å². The predicted molar refractivity (Wildman–Crippen MR) is 69.7 cm³/mol. The first-order chi connectivity index (χ1) is 8.53. The molecule has 0 spiro atoms. The van der Waals surface area contributed by atoms with Crippen molar-refractivity contribution in [2.24, 2.45) is 0 Å². The van der Waals surface area contributed by atoms with Crippen LogP contribution in [0.25, 0.3) is 0 Å². The topological polar surface area (TPSA) is 64.6 Å². The summed E-state index contributed by atoms with van der Waals surface area (Å²) >= 11 is 5.66. The Hall–Kier alpha value is -0.820. The molecule has 1 aromatic rings. The van der Waals surface area contributed by atoms with Crippen molar-refractivity contribution < 1.29 is 17.9 Å². The van der Waals surface area contributed by atoms with Gasteiger partial charge >= 0.3 is 0 Å². The molecule has 102 valence electrons. The molecule has 1 rings (SSSR count). The van der Waals surface area contributed by atoms with E-state index >= 15 is 0 Å². The summed E-state index contributed by atoms with van der Waals surface area (Å²) < 4.78 is 36.3. The summed E-state index contributed by atoms with van der Waals surface area (Å²) in [4.78, 5) is 0.162. The van der Waals surface area contributed by atoms with Gasteiger partial charge in [0, 0.05) is 13.0 Å². The second-order valence-corrected chi connectivity index (χ2v) is 5.63. The van der Waals surface area contributed by atoms with E-state index in [-0.39, 0.29) is 17.4 Å². The number of alkyl halides is 1. The second-order valence-electron chi connectivity index (χ2n) is 3.60. The van der Waals surface area contributed by atoms with Gasteiger partial charge in [0.15, 0.2) is 0 Å². The number of methoxy groups -OCH3 is 2. The fourth-order valence-corrected chi connectivity index (χ4v) is 2.83. The van der Waals surface area contributed by atoms with Crippen LogP contribution in [0.3, 0.4) is 0 Å². The van der Waals surface area contributed by atoms with Crippen molar-refractivity contribution in [1.29, 1.82) is 0 Å². The molecule has 7 heteroatoms. The van der Waals surface area contributed by atoms with Crippen LogP contribution in [0.5, 0.6) is 5.75 Å². The molecule has 0 aromatic heterocycles. The van der Waals surface area contributed by atoms with Crippen LogP contribution in [-0.2, 0) is 14.8 Å². The highest BCUT2D eigenvalue weighted by atomic mass is 35.5. The van der Waals surface area contributed by atoms with Gasteiger partial charge in [0.1, 0.15) is 5.75 Å². The van der Waals surface area contributed by atoms with Crippen LogP contribution in [0.2, 0.25) is 0 Å². The minimum Gasteiger partial charge on any atom is -0.497 e. The fourth-order valence-electron chi connectivity index (χ4n) is 1.35. The molecule has 0 amide bonds. The minimum atomic E-state index is -3.59. The highest BCUT2D eigenvalue weighted by Crippen LogP contribution is 2.15. The predicted octanol–water partition coefficient (Wildman–Crippen LogP) is 1.23. The van der Waals surface area contributed by atoms with Gasteiger partial charge in [0.2, 0.25) is 10.0 Å². The molecule has 0 fully saturated rings. The van der Waals surface area contributed by atoms with E-state index in [1.165, 1.54) is 26.4 Å². The van der Waals surface area contributed by atoms with Gasteiger partial charge < -0.3 is 9.47 Å². The lowest BCUT2D eigenvalue weighted by Gasteiger charge is -2.15. The Kier molecular flexibility index (Phi) is 5.87. The van der Waals surface area contributed by atoms with Gasteiger partial charge in [-0.1, -0.05) is 0 Å². The molecular formula is C11H16ClNO4S. The molecule has 0 saturated carbocycles. The monoisotopic (exact) mass is 293 g/mol. The third-order valence-corrected chi connectivity index (χ3v) is 4.15. The number of nitrogens with one attached hydrogen (secondary N) is 1. The summed E-state index contributed by atoms with van der Waals surface area (Å²) in [5.41, 5.74) is 0. The van der Waals surface area contributed by atoms with Crippen molar-refractivity contribution in [1.82, 2.24) is 4.72 Å². The quantitative estimate of drug-likeness (QED) is 0.768. The molecule has 0 saturated heterocycles. The van der Waals surface area contributed by atoms with E-state index in [1.807, 2.05) is 0 Å². The summed E-state index contributed by atoms with van der Waals surface area (Å²) in [7, 11) is -0.584. The van der Waals surface area contributed by atoms with Crippen molar-refractivity contribution in [3.05, 3.63) is 24.3 Å². The summed E-state index contributed by atoms with van der Waals surface area (Å²) in [6.45, 7) is 0.221. The van der Waals surface area contributed by atoms with E-state index in [1.54, 1.807) is 12.1 Å². The molecule has 18 heavy (non-hydrogen) atoms. The van der Waals surface area contributed by atoms with Crippen molar-refractivity contribution in [3.8, 4) is 5.75 Å². The molecule has 0 bridgehead atoms. The Morgan fingerprint density at radius 2 is 1.89 bits per heavy atom. The van der Waals surface area contributed by atoms with E-state index in [2.05, 4.69) is 4.72 Å². The van der Waals surface area contributed by atoms with E-state index in [0.717, 1.165) is 0 Å². The highest BCUT2D eigenvalue weighted by molar-refractivity contribution is 7.89. The first-order valence-corrected chi connectivity index (χ1v) is 7.26. The highest BCUT2D eigenvalue weighted by Gasteiger charge is 2.19. The summed E-state index contributed by atoms with van der Waals surface area (Å²) in [5, 5.41) is 0. The van der Waals surface area contributed by atoms with Crippen LogP contribution in [0.4, 0.5) is 0 Å².